The smallest absolute Gasteiger partial charge is 0.325 e. The number of aromatic nitrogens is 1. The summed E-state index contributed by atoms with van der Waals surface area (Å²) in [6, 6.07) is 4.91. The van der Waals surface area contributed by atoms with Gasteiger partial charge in [-0.3, -0.25) is 19.4 Å². The molecule has 1 saturated heterocycles. The summed E-state index contributed by atoms with van der Waals surface area (Å²) >= 11 is 0. The number of benzene rings is 1. The Bertz CT molecular complexity index is 1430. The quantitative estimate of drug-likeness (QED) is 0.0988. The molecule has 1 aromatic carbocycles. The molecule has 2 aromatic rings. The molecule has 14 heteroatoms. The third-order valence-electron chi connectivity index (χ3n) is 7.33. The minimum Gasteiger partial charge on any atom is -0.465 e. The summed E-state index contributed by atoms with van der Waals surface area (Å²) in [5, 5.41) is 7.05. The summed E-state index contributed by atoms with van der Waals surface area (Å²) in [5.41, 5.74) is 1.12. The molecule has 1 aliphatic carbocycles. The van der Waals surface area contributed by atoms with E-state index in [2.05, 4.69) is 20.1 Å². The normalized spacial score (nSPS) is 18.1. The van der Waals surface area contributed by atoms with Gasteiger partial charge < -0.3 is 25.7 Å². The van der Waals surface area contributed by atoms with Gasteiger partial charge in [-0.1, -0.05) is 12.1 Å². The lowest BCUT2D eigenvalue weighted by Crippen LogP contribution is -2.52. The van der Waals surface area contributed by atoms with Crippen LogP contribution in [0.2, 0.25) is 0 Å². The van der Waals surface area contributed by atoms with Gasteiger partial charge in [0.15, 0.2) is 0 Å². The molecule has 2 heterocycles. The largest absolute Gasteiger partial charge is 0.465 e. The summed E-state index contributed by atoms with van der Waals surface area (Å²) in [5.74, 6) is 3.67. The number of hydrogen-bond acceptors (Lipinski definition) is 9. The highest BCUT2D eigenvalue weighted by Crippen LogP contribution is 2.28. The van der Waals surface area contributed by atoms with Crippen molar-refractivity contribution in [3.8, 4) is 0 Å². The number of nitrogens with zero attached hydrogens (tertiary/aromatic N) is 4. The zero-order valence-corrected chi connectivity index (χ0v) is 24.8. The summed E-state index contributed by atoms with van der Waals surface area (Å²) in [4.78, 5) is 46.7. The zero-order valence-electron chi connectivity index (χ0n) is 24.0. The Morgan fingerprint density at radius 3 is 2.79 bits per heavy atom. The topological polar surface area (TPSA) is 176 Å². The van der Waals surface area contributed by atoms with Gasteiger partial charge in [0.1, 0.15) is 23.8 Å². The van der Waals surface area contributed by atoms with E-state index in [4.69, 9.17) is 10.6 Å². The number of rotatable bonds is 13. The van der Waals surface area contributed by atoms with Crippen LogP contribution in [0.4, 0.5) is 0 Å². The zero-order chi connectivity index (χ0) is 30.3. The molecule has 1 aromatic heterocycles. The molecule has 0 unspecified atom stereocenters. The van der Waals surface area contributed by atoms with Crippen molar-refractivity contribution in [1.29, 1.82) is 0 Å². The lowest BCUT2D eigenvalue weighted by Gasteiger charge is -2.31. The van der Waals surface area contributed by atoms with Crippen molar-refractivity contribution in [3.05, 3.63) is 36.0 Å². The van der Waals surface area contributed by atoms with Gasteiger partial charge in [0.05, 0.1) is 18.5 Å². The number of ether oxygens (including phenoxy) is 1. The summed E-state index contributed by atoms with van der Waals surface area (Å²) in [6.07, 6.45) is 5.85. The van der Waals surface area contributed by atoms with Crippen molar-refractivity contribution in [2.45, 2.75) is 62.9 Å². The van der Waals surface area contributed by atoms with E-state index < -0.39 is 40.3 Å². The molecule has 2 aliphatic rings. The van der Waals surface area contributed by atoms with Gasteiger partial charge in [0, 0.05) is 37.3 Å². The molecule has 2 atom stereocenters. The molecule has 2 amide bonds. The van der Waals surface area contributed by atoms with Crippen molar-refractivity contribution in [2.75, 3.05) is 32.8 Å². The van der Waals surface area contributed by atoms with Crippen LogP contribution < -0.4 is 15.9 Å². The molecular weight excluding hydrogens is 562 g/mol. The fourth-order valence-corrected chi connectivity index (χ4v) is 6.56. The van der Waals surface area contributed by atoms with Gasteiger partial charge in [-0.15, -0.1) is 0 Å². The van der Waals surface area contributed by atoms with E-state index in [9.17, 15) is 22.8 Å². The second-order valence-corrected chi connectivity index (χ2v) is 12.5. The van der Waals surface area contributed by atoms with Crippen LogP contribution in [0.1, 0.15) is 44.6 Å². The number of piperidine rings is 1. The number of fused-ring (bicyclic) bond motifs is 1. The van der Waals surface area contributed by atoms with Gasteiger partial charge in [0.2, 0.25) is 21.8 Å². The number of likely N-dealkylation sites (tertiary alicyclic amines) is 1. The Morgan fingerprint density at radius 1 is 1.29 bits per heavy atom. The Morgan fingerprint density at radius 2 is 2.07 bits per heavy atom. The third-order valence-corrected chi connectivity index (χ3v) is 8.83. The Balaban J connectivity index is 1.55. The second kappa shape index (κ2) is 13.9. The maximum atomic E-state index is 13.8. The lowest BCUT2D eigenvalue weighted by atomic mass is 9.98. The van der Waals surface area contributed by atoms with Crippen LogP contribution in [0.25, 0.3) is 10.9 Å². The van der Waals surface area contributed by atoms with E-state index in [-0.39, 0.29) is 35.5 Å². The van der Waals surface area contributed by atoms with Gasteiger partial charge in [0.25, 0.3) is 0 Å². The summed E-state index contributed by atoms with van der Waals surface area (Å²) in [7, 11) is -4.31. The molecule has 228 valence electrons. The second-order valence-electron chi connectivity index (χ2n) is 10.8. The van der Waals surface area contributed by atoms with E-state index in [1.807, 2.05) is 17.9 Å². The van der Waals surface area contributed by atoms with Gasteiger partial charge in [-0.05, 0) is 63.1 Å². The molecule has 2 fully saturated rings. The molecule has 13 nitrogen and oxygen atoms in total. The average Bonchev–Trinajstić information content (AvgIpc) is 3.79. The minimum atomic E-state index is -4.31. The van der Waals surface area contributed by atoms with Gasteiger partial charge in [-0.2, -0.15) is 9.82 Å². The van der Waals surface area contributed by atoms with Gasteiger partial charge in [-0.25, -0.2) is 8.42 Å². The van der Waals surface area contributed by atoms with Crippen LogP contribution in [-0.4, -0.2) is 92.2 Å². The number of nitrogens with two attached hydrogens (primary N) is 1. The number of carbonyl (C=O) groups excluding carboxylic acids is 3. The third kappa shape index (κ3) is 8.16. The number of esters is 1. The number of carbonyl (C=O) groups is 3. The maximum absolute atomic E-state index is 13.8. The number of hydrazone groups is 1. The molecule has 4 N–H and O–H groups in total. The van der Waals surface area contributed by atoms with E-state index in [0.29, 0.717) is 31.3 Å². The monoisotopic (exact) mass is 601 g/mol. The van der Waals surface area contributed by atoms with Crippen LogP contribution in [0, 0.1) is 12.8 Å². The number of aryl methyl sites for hydroxylation is 1. The van der Waals surface area contributed by atoms with Crippen LogP contribution in [0.3, 0.4) is 0 Å². The van der Waals surface area contributed by atoms with E-state index >= 15 is 0 Å². The van der Waals surface area contributed by atoms with Crippen molar-refractivity contribution in [1.82, 2.24) is 24.8 Å². The van der Waals surface area contributed by atoms with Crippen molar-refractivity contribution in [2.24, 2.45) is 16.9 Å². The van der Waals surface area contributed by atoms with Crippen LogP contribution in [-0.2, 0) is 29.1 Å². The summed E-state index contributed by atoms with van der Waals surface area (Å²) in [6.45, 7) is 5.17. The number of pyridine rings is 1. The first-order valence-electron chi connectivity index (χ1n) is 14.2. The van der Waals surface area contributed by atoms with Crippen LogP contribution >= 0.6 is 0 Å². The molecule has 0 radical (unpaired) electrons. The average molecular weight is 602 g/mol. The van der Waals surface area contributed by atoms with Crippen LogP contribution in [0.15, 0.2) is 40.5 Å². The van der Waals surface area contributed by atoms with Gasteiger partial charge >= 0.3 is 5.97 Å². The number of sulfonamides is 1. The summed E-state index contributed by atoms with van der Waals surface area (Å²) < 4.78 is 34.9. The number of nitrogens with one attached hydrogen (secondary N) is 2. The first-order chi connectivity index (χ1) is 20.1. The molecular formula is C28H39N7O6S. The number of para-hydroxylation sites is 1. The van der Waals surface area contributed by atoms with Crippen molar-refractivity contribution < 1.29 is 27.5 Å². The molecule has 4 rings (SSSR count). The highest BCUT2D eigenvalue weighted by Gasteiger charge is 2.40. The lowest BCUT2D eigenvalue weighted by molar-refractivity contribution is -0.150. The first kappa shape index (κ1) is 31.2. The predicted octanol–water partition coefficient (Wildman–Crippen LogP) is 0.865. The fraction of sp³-hybridized carbons (Fsp3) is 0.536. The standard InChI is InChI=1S/C28H39N7O6S/c1-3-41-26(37)17-35(22-9-10-22)28(38)23(13-25(36)30-15-20-6-5-11-34(16-20)18-32-29)33-42(39,40)24-8-4-7-21-12-19(2)14-31-27(21)24/h4,7-8,12,14,18,20,22-23,33H,3,5-6,9-11,13,15-17,29H2,1-2H3,(H,30,36)/t20-,23-/m0/s1. The Kier molecular flexibility index (Phi) is 10.3. The number of amides is 2. The highest BCUT2D eigenvalue weighted by molar-refractivity contribution is 7.89. The highest BCUT2D eigenvalue weighted by atomic mass is 32.2. The molecule has 42 heavy (non-hydrogen) atoms. The van der Waals surface area contributed by atoms with Crippen molar-refractivity contribution in [3.63, 3.8) is 0 Å². The van der Waals surface area contributed by atoms with E-state index in [0.717, 1.165) is 24.9 Å². The van der Waals surface area contributed by atoms with E-state index in [1.54, 1.807) is 31.6 Å². The Hall–Kier alpha value is -3.78. The van der Waals surface area contributed by atoms with E-state index in [1.165, 1.54) is 11.0 Å². The molecule has 0 spiro atoms. The maximum Gasteiger partial charge on any atom is 0.325 e. The van der Waals surface area contributed by atoms with Crippen molar-refractivity contribution >= 4 is 45.0 Å². The fourth-order valence-electron chi connectivity index (χ4n) is 5.19. The molecule has 0 bridgehead atoms. The SMILES string of the molecule is CCOC(=O)CN(C(=O)[C@H](CC(=O)NC[C@@H]1CCCN(C=NN)C1)NS(=O)(=O)c1cccc2cc(C)cnc12)C1CC1. The number of hydrogen-bond donors (Lipinski definition) is 3. The first-order valence-corrected chi connectivity index (χ1v) is 15.7. The Labute approximate surface area is 245 Å². The molecule has 1 saturated carbocycles. The predicted molar refractivity (Wildman–Crippen MR) is 157 cm³/mol. The molecule has 1 aliphatic heterocycles. The minimum absolute atomic E-state index is 0.106. The van der Waals surface area contributed by atoms with Crippen LogP contribution in [0.5, 0.6) is 0 Å².